The van der Waals surface area contributed by atoms with Gasteiger partial charge in [-0.25, -0.2) is 4.68 Å². The van der Waals surface area contributed by atoms with E-state index < -0.39 is 0 Å². The lowest BCUT2D eigenvalue weighted by atomic mass is 9.83. The first-order valence-electron chi connectivity index (χ1n) is 9.30. The van der Waals surface area contributed by atoms with Gasteiger partial charge >= 0.3 is 0 Å². The molecule has 0 radical (unpaired) electrons. The number of hydrogen-bond donors (Lipinski definition) is 1. The lowest BCUT2D eigenvalue weighted by Crippen LogP contribution is -2.28. The van der Waals surface area contributed by atoms with Crippen molar-refractivity contribution in [3.8, 4) is 0 Å². The summed E-state index contributed by atoms with van der Waals surface area (Å²) < 4.78 is 4.18. The van der Waals surface area contributed by atoms with Gasteiger partial charge in [0.1, 0.15) is 12.4 Å². The lowest BCUT2D eigenvalue weighted by Gasteiger charge is -2.34. The van der Waals surface area contributed by atoms with Gasteiger partial charge in [0.05, 0.1) is 0 Å². The molecule has 2 aliphatic rings. The van der Waals surface area contributed by atoms with Gasteiger partial charge in [-0.1, -0.05) is 56.1 Å². The van der Waals surface area contributed by atoms with Crippen molar-refractivity contribution in [1.82, 2.24) is 14.8 Å². The van der Waals surface area contributed by atoms with Crippen LogP contribution in [0.4, 0.5) is 5.95 Å². The Balaban J connectivity index is 1.63. The molecule has 4 nitrogen and oxygen atoms in total. The van der Waals surface area contributed by atoms with Crippen molar-refractivity contribution < 1.29 is 0 Å². The largest absolute Gasteiger partial charge is 0.324 e. The lowest BCUT2D eigenvalue weighted by molar-refractivity contribution is 0.538. The minimum Gasteiger partial charge on any atom is -0.324 e. The number of hydrogen-bond acceptors (Lipinski definition) is 3. The van der Waals surface area contributed by atoms with Crippen LogP contribution in [-0.2, 0) is 0 Å². The number of rotatable bonds is 2. The van der Waals surface area contributed by atoms with Crippen LogP contribution in [0.1, 0.15) is 36.4 Å². The van der Waals surface area contributed by atoms with Crippen LogP contribution in [-0.4, -0.2) is 14.8 Å². The molecule has 0 bridgehead atoms. The summed E-state index contributed by atoms with van der Waals surface area (Å²) in [6, 6.07) is 17.1. The van der Waals surface area contributed by atoms with Gasteiger partial charge in [0, 0.05) is 14.6 Å². The maximum absolute atomic E-state index is 4.52. The molecule has 0 fully saturated rings. The van der Waals surface area contributed by atoms with Gasteiger partial charge < -0.3 is 5.32 Å². The van der Waals surface area contributed by atoms with Crippen molar-refractivity contribution in [1.29, 1.82) is 0 Å². The minimum atomic E-state index is 0.0791. The summed E-state index contributed by atoms with van der Waals surface area (Å²) in [5.74, 6) is 0.801. The van der Waals surface area contributed by atoms with Crippen LogP contribution >= 0.6 is 31.9 Å². The molecule has 1 aliphatic carbocycles. The van der Waals surface area contributed by atoms with Gasteiger partial charge in [0.2, 0.25) is 5.95 Å². The number of allylic oxidation sites excluding steroid dienone is 2. The van der Waals surface area contributed by atoms with E-state index in [1.807, 2.05) is 4.68 Å². The fourth-order valence-electron chi connectivity index (χ4n) is 4.04. The van der Waals surface area contributed by atoms with Crippen LogP contribution in [0, 0.1) is 0 Å². The highest BCUT2D eigenvalue weighted by Gasteiger charge is 2.33. The van der Waals surface area contributed by atoms with E-state index in [1.54, 1.807) is 6.33 Å². The van der Waals surface area contributed by atoms with E-state index in [1.165, 1.54) is 28.0 Å². The Labute approximate surface area is 180 Å². The van der Waals surface area contributed by atoms with Crippen molar-refractivity contribution in [2.45, 2.75) is 25.3 Å². The van der Waals surface area contributed by atoms with Crippen molar-refractivity contribution in [2.75, 3.05) is 5.32 Å². The quantitative estimate of drug-likeness (QED) is 0.449. The van der Waals surface area contributed by atoms with Crippen LogP contribution in [0.15, 0.2) is 80.6 Å². The van der Waals surface area contributed by atoms with E-state index in [0.29, 0.717) is 0 Å². The monoisotopic (exact) mass is 496 g/mol. The Hall–Kier alpha value is -2.18. The molecular formula is C22H18Br2N4. The Bertz CT molecular complexity index is 1080. The Morgan fingerprint density at radius 3 is 2.43 bits per heavy atom. The molecule has 1 N–H and O–H groups in total. The van der Waals surface area contributed by atoms with Crippen LogP contribution in [0.2, 0.25) is 0 Å². The first-order chi connectivity index (χ1) is 13.7. The third kappa shape index (κ3) is 3.25. The number of aromatic nitrogens is 3. The molecule has 0 amide bonds. The second-order valence-electron chi connectivity index (χ2n) is 7.08. The Kier molecular flexibility index (Phi) is 4.69. The zero-order valence-electron chi connectivity index (χ0n) is 15.1. The average Bonchev–Trinajstić information content (AvgIpc) is 3.17. The fraction of sp³-hybridized carbons (Fsp3) is 0.182. The van der Waals surface area contributed by atoms with Crippen molar-refractivity contribution >= 4 is 43.9 Å². The number of nitrogens with zero attached hydrogens (tertiary/aromatic N) is 3. The molecule has 140 valence electrons. The molecule has 0 unspecified atom stereocenters. The minimum absolute atomic E-state index is 0.0791. The molecule has 0 saturated heterocycles. The molecule has 28 heavy (non-hydrogen) atoms. The summed E-state index contributed by atoms with van der Waals surface area (Å²) in [6.07, 6.45) is 7.17. The SMILES string of the molecule is Brc1ccc(/C=C2/CCCC3=C2Nc2ncnn2[C@@H]3c2ccc(Br)cc2)cc1. The highest BCUT2D eigenvalue weighted by atomic mass is 79.9. The molecule has 0 saturated carbocycles. The Morgan fingerprint density at radius 1 is 0.964 bits per heavy atom. The molecule has 1 atom stereocenters. The van der Waals surface area contributed by atoms with E-state index in [-0.39, 0.29) is 6.04 Å². The van der Waals surface area contributed by atoms with Gasteiger partial charge in [-0.05, 0) is 71.9 Å². The normalized spacial score (nSPS) is 19.9. The number of fused-ring (bicyclic) bond motifs is 1. The summed E-state index contributed by atoms with van der Waals surface area (Å²) in [4.78, 5) is 4.46. The molecule has 2 aromatic carbocycles. The second kappa shape index (κ2) is 7.33. The molecule has 2 heterocycles. The second-order valence-corrected chi connectivity index (χ2v) is 8.91. The summed E-state index contributed by atoms with van der Waals surface area (Å²) in [5.41, 5.74) is 6.37. The predicted molar refractivity (Wildman–Crippen MR) is 119 cm³/mol. The zero-order valence-corrected chi connectivity index (χ0v) is 18.2. The topological polar surface area (TPSA) is 42.7 Å². The first kappa shape index (κ1) is 17.9. The van der Waals surface area contributed by atoms with Gasteiger partial charge in [-0.15, -0.1) is 0 Å². The predicted octanol–water partition coefficient (Wildman–Crippen LogP) is 6.34. The summed E-state index contributed by atoms with van der Waals surface area (Å²) in [7, 11) is 0. The highest BCUT2D eigenvalue weighted by molar-refractivity contribution is 9.10. The fourth-order valence-corrected chi connectivity index (χ4v) is 4.57. The van der Waals surface area contributed by atoms with Gasteiger partial charge in [0.15, 0.2) is 0 Å². The maximum atomic E-state index is 4.52. The summed E-state index contributed by atoms with van der Waals surface area (Å²) >= 11 is 7.06. The van der Waals surface area contributed by atoms with Crippen LogP contribution in [0.3, 0.4) is 0 Å². The van der Waals surface area contributed by atoms with Crippen molar-refractivity contribution in [2.24, 2.45) is 0 Å². The van der Waals surface area contributed by atoms with Gasteiger partial charge in [-0.2, -0.15) is 10.1 Å². The Morgan fingerprint density at radius 2 is 1.68 bits per heavy atom. The third-order valence-corrected chi connectivity index (χ3v) is 6.37. The van der Waals surface area contributed by atoms with E-state index in [0.717, 1.165) is 34.2 Å². The van der Waals surface area contributed by atoms with E-state index in [2.05, 4.69) is 102 Å². The number of halogens is 2. The number of anilines is 1. The van der Waals surface area contributed by atoms with Crippen LogP contribution in [0.25, 0.3) is 6.08 Å². The molecule has 6 heteroatoms. The first-order valence-corrected chi connectivity index (χ1v) is 10.9. The summed E-state index contributed by atoms with van der Waals surface area (Å²) in [5, 5.41) is 8.07. The van der Waals surface area contributed by atoms with E-state index in [9.17, 15) is 0 Å². The average molecular weight is 498 g/mol. The van der Waals surface area contributed by atoms with Crippen LogP contribution < -0.4 is 5.32 Å². The zero-order chi connectivity index (χ0) is 19.1. The molecule has 1 aliphatic heterocycles. The number of nitrogens with one attached hydrogen (secondary N) is 1. The molecular weight excluding hydrogens is 480 g/mol. The molecule has 0 spiro atoms. The highest BCUT2D eigenvalue weighted by Crippen LogP contribution is 2.43. The summed E-state index contributed by atoms with van der Waals surface area (Å²) in [6.45, 7) is 0. The van der Waals surface area contributed by atoms with Gasteiger partial charge in [-0.3, -0.25) is 0 Å². The molecule has 5 rings (SSSR count). The molecule has 1 aromatic heterocycles. The molecule has 3 aromatic rings. The smallest absolute Gasteiger partial charge is 0.226 e. The third-order valence-electron chi connectivity index (χ3n) is 5.32. The maximum Gasteiger partial charge on any atom is 0.226 e. The van der Waals surface area contributed by atoms with E-state index >= 15 is 0 Å². The van der Waals surface area contributed by atoms with Crippen molar-refractivity contribution in [3.05, 3.63) is 91.8 Å². The van der Waals surface area contributed by atoms with Crippen molar-refractivity contribution in [3.63, 3.8) is 0 Å². The standard InChI is InChI=1S/C22H18Br2N4/c23-17-8-4-14(5-9-17)12-16-2-1-3-19-20(16)27-22-25-13-26-28(22)21(19)15-6-10-18(24)11-7-15/h4-13,21H,1-3H2,(H,25,26,27)/b16-12-/t21-/m1/s1. The van der Waals surface area contributed by atoms with Gasteiger partial charge in [0.25, 0.3) is 0 Å². The van der Waals surface area contributed by atoms with E-state index in [4.69, 9.17) is 0 Å². The van der Waals surface area contributed by atoms with Crippen LogP contribution in [0.5, 0.6) is 0 Å². The number of benzene rings is 2.